The monoisotopic (exact) mass is 397 g/mol. The van der Waals surface area contributed by atoms with Crippen LogP contribution in [0.4, 0.5) is 5.69 Å². The third kappa shape index (κ3) is 4.01. The molecule has 0 atom stereocenters. The molecule has 1 aromatic heterocycles. The third-order valence-electron chi connectivity index (χ3n) is 5.47. The van der Waals surface area contributed by atoms with Crippen LogP contribution in [0.25, 0.3) is 0 Å². The van der Waals surface area contributed by atoms with E-state index < -0.39 is 0 Å². The van der Waals surface area contributed by atoms with Crippen LogP contribution in [0.1, 0.15) is 57.8 Å². The number of aryl methyl sites for hydroxylation is 2. The minimum atomic E-state index is 0.287. The smallest absolute Gasteiger partial charge is 0.120 e. The minimum Gasteiger partial charge on any atom is -0.489 e. The number of nitrogen functional groups attached to an aromatic ring is 1. The molecule has 1 fully saturated rings. The number of anilines is 1. The van der Waals surface area contributed by atoms with Crippen molar-refractivity contribution in [2.24, 2.45) is 0 Å². The zero-order valence-electron chi connectivity index (χ0n) is 17.1. The lowest BCUT2D eigenvalue weighted by Crippen LogP contribution is -2.08. The lowest BCUT2D eigenvalue weighted by atomic mass is 9.95. The van der Waals surface area contributed by atoms with Gasteiger partial charge in [0.25, 0.3) is 0 Å². The third-order valence-corrected chi connectivity index (χ3v) is 5.47. The molecular weight excluding hydrogens is 374 g/mol. The van der Waals surface area contributed by atoms with Crippen molar-refractivity contribution in [1.82, 2.24) is 10.2 Å². The maximum absolute atomic E-state index is 9.39. The largest absolute Gasteiger partial charge is 0.489 e. The number of benzene rings is 2. The van der Waals surface area contributed by atoms with Crippen LogP contribution >= 0.6 is 0 Å². The Morgan fingerprint density at radius 2 is 2.03 bits per heavy atom. The lowest BCUT2D eigenvalue weighted by molar-refractivity contribution is 0.303. The fourth-order valence-electron chi connectivity index (χ4n) is 3.51. The fourth-order valence-corrected chi connectivity index (χ4v) is 3.51. The van der Waals surface area contributed by atoms with E-state index in [1.165, 1.54) is 0 Å². The average molecular weight is 397 g/mol. The van der Waals surface area contributed by atoms with E-state index in [1.807, 2.05) is 26.0 Å². The van der Waals surface area contributed by atoms with E-state index in [9.17, 15) is 5.26 Å². The van der Waals surface area contributed by atoms with E-state index in [0.717, 1.165) is 35.2 Å². The number of ether oxygens (including phenoxy) is 1. The van der Waals surface area contributed by atoms with Crippen LogP contribution in [0.2, 0.25) is 0 Å². The molecule has 3 aromatic rings. The van der Waals surface area contributed by atoms with Gasteiger partial charge in [0.2, 0.25) is 0 Å². The van der Waals surface area contributed by atoms with Crippen LogP contribution < -0.4 is 10.5 Å². The predicted octanol–water partition coefficient (Wildman–Crippen LogP) is 4.42. The molecule has 6 nitrogen and oxygen atoms in total. The van der Waals surface area contributed by atoms with Crippen LogP contribution in [0.5, 0.6) is 5.75 Å². The van der Waals surface area contributed by atoms with Gasteiger partial charge in [0, 0.05) is 22.4 Å². The first-order valence-corrected chi connectivity index (χ1v) is 9.90. The van der Waals surface area contributed by atoms with E-state index in [1.54, 1.807) is 30.5 Å². The summed E-state index contributed by atoms with van der Waals surface area (Å²) in [6, 6.07) is 13.2. The summed E-state index contributed by atoms with van der Waals surface area (Å²) in [6.07, 6.45) is 3.99. The highest BCUT2D eigenvalue weighted by molar-refractivity contribution is 6.14. The number of nitrogens with one attached hydrogen (secondary N) is 1. The minimum absolute atomic E-state index is 0.287. The van der Waals surface area contributed by atoms with E-state index in [2.05, 4.69) is 16.3 Å². The van der Waals surface area contributed by atoms with Gasteiger partial charge in [0.15, 0.2) is 0 Å². The van der Waals surface area contributed by atoms with Gasteiger partial charge in [-0.2, -0.15) is 15.5 Å². The molecule has 0 bridgehead atoms. The van der Waals surface area contributed by atoms with Gasteiger partial charge in [-0.1, -0.05) is 0 Å². The zero-order chi connectivity index (χ0) is 21.3. The highest BCUT2D eigenvalue weighted by Gasteiger charge is 2.25. The zero-order valence-corrected chi connectivity index (χ0v) is 17.1. The molecule has 0 amide bonds. The van der Waals surface area contributed by atoms with E-state index in [-0.39, 0.29) is 5.71 Å². The Bertz CT molecular complexity index is 1150. The van der Waals surface area contributed by atoms with Crippen LogP contribution in [0.15, 0.2) is 42.6 Å². The van der Waals surface area contributed by atoms with Crippen molar-refractivity contribution in [3.63, 3.8) is 0 Å². The van der Waals surface area contributed by atoms with Crippen LogP contribution in [-0.4, -0.2) is 15.9 Å². The highest BCUT2D eigenvalue weighted by atomic mass is 16.5. The molecule has 0 unspecified atom stereocenters. The summed E-state index contributed by atoms with van der Waals surface area (Å²) in [5, 5.41) is 26.2. The number of hydrogen-bond donors (Lipinski definition) is 2. The summed E-state index contributed by atoms with van der Waals surface area (Å²) < 4.78 is 5.98. The maximum atomic E-state index is 9.39. The molecule has 2 aromatic carbocycles. The van der Waals surface area contributed by atoms with Crippen molar-refractivity contribution in [2.75, 3.05) is 5.73 Å². The number of nitriles is 1. The highest BCUT2D eigenvalue weighted by Crippen LogP contribution is 2.41. The molecular formula is C24H23N5O. The Morgan fingerprint density at radius 3 is 2.73 bits per heavy atom. The average Bonchev–Trinajstić information content (AvgIpc) is 3.59. The number of hydrogen-bond acceptors (Lipinski definition) is 6. The standard InChI is InChI=1S/C24H23N5O/c1-14-12-28-29-15(2)22(14)13-30-20-5-6-23(26)21(10-20)24(27)19-8-16(11-25)7-18(9-19)17-3-4-17/h5-10,12,17,27H,3-4,13,26H2,1-2H3. The first-order valence-electron chi connectivity index (χ1n) is 9.90. The SMILES string of the molecule is Cc1cnnc(C)c1COc1ccc(N)c(C(=N)c2cc(C#N)cc(C3CC3)c2)c1. The molecule has 6 heteroatoms. The van der Waals surface area contributed by atoms with Crippen LogP contribution in [-0.2, 0) is 6.61 Å². The molecule has 0 saturated heterocycles. The second kappa shape index (κ2) is 7.96. The molecule has 1 aliphatic carbocycles. The fraction of sp³-hybridized carbons (Fsp3) is 0.250. The van der Waals surface area contributed by atoms with E-state index in [0.29, 0.717) is 40.7 Å². The molecule has 0 aliphatic heterocycles. The van der Waals surface area contributed by atoms with Crippen molar-refractivity contribution in [2.45, 2.75) is 39.2 Å². The first-order chi connectivity index (χ1) is 14.5. The molecule has 4 rings (SSSR count). The Balaban J connectivity index is 1.61. The van der Waals surface area contributed by atoms with Crippen molar-refractivity contribution in [3.05, 3.63) is 81.7 Å². The topological polar surface area (TPSA) is 109 Å². The Morgan fingerprint density at radius 1 is 1.23 bits per heavy atom. The Labute approximate surface area is 175 Å². The van der Waals surface area contributed by atoms with Crippen molar-refractivity contribution in [3.8, 4) is 11.8 Å². The summed E-state index contributed by atoms with van der Waals surface area (Å²) in [5.74, 6) is 1.12. The molecule has 150 valence electrons. The van der Waals surface area contributed by atoms with Gasteiger partial charge in [-0.05, 0) is 80.1 Å². The van der Waals surface area contributed by atoms with Gasteiger partial charge in [0.1, 0.15) is 12.4 Å². The molecule has 1 aliphatic rings. The molecule has 0 radical (unpaired) electrons. The van der Waals surface area contributed by atoms with Crippen LogP contribution in [0, 0.1) is 30.6 Å². The molecule has 30 heavy (non-hydrogen) atoms. The predicted molar refractivity (Wildman–Crippen MR) is 116 cm³/mol. The van der Waals surface area contributed by atoms with Crippen molar-refractivity contribution in [1.29, 1.82) is 10.7 Å². The Kier molecular flexibility index (Phi) is 5.20. The summed E-state index contributed by atoms with van der Waals surface area (Å²) in [4.78, 5) is 0. The van der Waals surface area contributed by atoms with Crippen molar-refractivity contribution >= 4 is 11.4 Å². The van der Waals surface area contributed by atoms with Crippen molar-refractivity contribution < 1.29 is 4.74 Å². The van der Waals surface area contributed by atoms with Gasteiger partial charge in [0.05, 0.1) is 29.2 Å². The number of aromatic nitrogens is 2. The lowest BCUT2D eigenvalue weighted by Gasteiger charge is -2.14. The summed E-state index contributed by atoms with van der Waals surface area (Å²) >= 11 is 0. The first kappa shape index (κ1) is 19.6. The summed E-state index contributed by atoms with van der Waals surface area (Å²) in [6.45, 7) is 4.24. The normalized spacial score (nSPS) is 13.0. The second-order valence-electron chi connectivity index (χ2n) is 7.73. The summed E-state index contributed by atoms with van der Waals surface area (Å²) in [7, 11) is 0. The van der Waals surface area contributed by atoms with Gasteiger partial charge < -0.3 is 10.5 Å². The van der Waals surface area contributed by atoms with Crippen LogP contribution in [0.3, 0.4) is 0 Å². The van der Waals surface area contributed by atoms with Gasteiger partial charge >= 0.3 is 0 Å². The Hall–Kier alpha value is -3.72. The maximum Gasteiger partial charge on any atom is 0.120 e. The quantitative estimate of drug-likeness (QED) is 0.473. The molecule has 0 spiro atoms. The number of nitrogens with zero attached hydrogens (tertiary/aromatic N) is 3. The number of rotatable bonds is 6. The number of nitrogens with two attached hydrogens (primary N) is 1. The molecule has 1 heterocycles. The second-order valence-corrected chi connectivity index (χ2v) is 7.73. The van der Waals surface area contributed by atoms with Gasteiger partial charge in [-0.3, -0.25) is 5.41 Å². The van der Waals surface area contributed by atoms with Gasteiger partial charge in [-0.15, -0.1) is 0 Å². The molecule has 3 N–H and O–H groups in total. The summed E-state index contributed by atoms with van der Waals surface area (Å²) in [5.41, 5.74) is 12.8. The molecule has 1 saturated carbocycles. The van der Waals surface area contributed by atoms with E-state index in [4.69, 9.17) is 15.9 Å². The van der Waals surface area contributed by atoms with Gasteiger partial charge in [-0.25, -0.2) is 0 Å². The van der Waals surface area contributed by atoms with E-state index >= 15 is 0 Å².